The Morgan fingerprint density at radius 2 is 2.24 bits per heavy atom. The standard InChI is InChI=1S/C14H17NO2/c1-3-5-6-7-8-12-9-13(11-15-10-12)14(16)17-4-2/h9-11H,3-6H2,1-2H3. The molecule has 0 aromatic carbocycles. The molecule has 0 fully saturated rings. The van der Waals surface area contributed by atoms with Crippen LogP contribution in [-0.4, -0.2) is 17.6 Å². The largest absolute Gasteiger partial charge is 0.462 e. The number of nitrogens with zero attached hydrogens (tertiary/aromatic N) is 1. The highest BCUT2D eigenvalue weighted by molar-refractivity contribution is 5.89. The molecule has 90 valence electrons. The van der Waals surface area contributed by atoms with E-state index in [4.69, 9.17) is 4.74 Å². The maximum Gasteiger partial charge on any atom is 0.339 e. The fraction of sp³-hybridized carbons (Fsp3) is 0.429. The molecule has 0 atom stereocenters. The van der Waals surface area contributed by atoms with Crippen molar-refractivity contribution < 1.29 is 9.53 Å². The van der Waals surface area contributed by atoms with Crippen LogP contribution in [0, 0.1) is 11.8 Å². The van der Waals surface area contributed by atoms with Crippen molar-refractivity contribution in [1.82, 2.24) is 4.98 Å². The molecular weight excluding hydrogens is 214 g/mol. The van der Waals surface area contributed by atoms with Crippen LogP contribution in [0.5, 0.6) is 0 Å². The van der Waals surface area contributed by atoms with Crippen LogP contribution in [0.15, 0.2) is 18.5 Å². The fourth-order valence-corrected chi connectivity index (χ4v) is 1.26. The summed E-state index contributed by atoms with van der Waals surface area (Å²) in [7, 11) is 0. The number of rotatable bonds is 4. The summed E-state index contributed by atoms with van der Waals surface area (Å²) < 4.78 is 4.90. The number of hydrogen-bond donors (Lipinski definition) is 0. The van der Waals surface area contributed by atoms with E-state index in [1.807, 2.05) is 0 Å². The van der Waals surface area contributed by atoms with E-state index in [9.17, 15) is 4.79 Å². The van der Waals surface area contributed by atoms with Gasteiger partial charge in [0.1, 0.15) is 0 Å². The topological polar surface area (TPSA) is 39.2 Å². The summed E-state index contributed by atoms with van der Waals surface area (Å²) in [5.74, 6) is 5.71. The predicted molar refractivity (Wildman–Crippen MR) is 66.6 cm³/mol. The molecule has 0 spiro atoms. The molecule has 0 unspecified atom stereocenters. The predicted octanol–water partition coefficient (Wildman–Crippen LogP) is 2.80. The van der Waals surface area contributed by atoms with Crippen molar-refractivity contribution >= 4 is 5.97 Å². The summed E-state index contributed by atoms with van der Waals surface area (Å²) in [4.78, 5) is 15.4. The Hall–Kier alpha value is -1.82. The number of pyridine rings is 1. The summed E-state index contributed by atoms with van der Waals surface area (Å²) in [5.41, 5.74) is 1.21. The van der Waals surface area contributed by atoms with Gasteiger partial charge < -0.3 is 4.74 Å². The van der Waals surface area contributed by atoms with Crippen LogP contribution in [0.4, 0.5) is 0 Å². The van der Waals surface area contributed by atoms with Gasteiger partial charge in [0.15, 0.2) is 0 Å². The molecule has 1 heterocycles. The van der Waals surface area contributed by atoms with E-state index in [0.29, 0.717) is 12.2 Å². The minimum absolute atomic E-state index is 0.350. The average molecular weight is 231 g/mol. The quantitative estimate of drug-likeness (QED) is 0.454. The Bertz CT molecular complexity index is 429. The molecule has 0 aliphatic carbocycles. The molecule has 0 N–H and O–H groups in total. The Kier molecular flexibility index (Phi) is 5.81. The Labute approximate surface area is 102 Å². The van der Waals surface area contributed by atoms with Crippen LogP contribution in [0.1, 0.15) is 49.0 Å². The average Bonchev–Trinajstić information content (AvgIpc) is 2.35. The smallest absolute Gasteiger partial charge is 0.339 e. The number of aromatic nitrogens is 1. The summed E-state index contributed by atoms with van der Waals surface area (Å²) >= 11 is 0. The van der Waals surface area contributed by atoms with E-state index >= 15 is 0 Å². The van der Waals surface area contributed by atoms with Crippen molar-refractivity contribution in [2.24, 2.45) is 0 Å². The molecule has 0 saturated heterocycles. The molecule has 0 aliphatic heterocycles. The second kappa shape index (κ2) is 7.45. The summed E-state index contributed by atoms with van der Waals surface area (Å²) in [6.07, 6.45) is 6.25. The van der Waals surface area contributed by atoms with Crippen LogP contribution in [0.3, 0.4) is 0 Å². The van der Waals surface area contributed by atoms with Gasteiger partial charge in [-0.1, -0.05) is 25.2 Å². The number of unbranched alkanes of at least 4 members (excludes halogenated alkanes) is 2. The minimum atomic E-state index is -0.350. The van der Waals surface area contributed by atoms with Gasteiger partial charge in [-0.25, -0.2) is 4.79 Å². The lowest BCUT2D eigenvalue weighted by molar-refractivity contribution is 0.0526. The van der Waals surface area contributed by atoms with Crippen molar-refractivity contribution in [3.8, 4) is 11.8 Å². The van der Waals surface area contributed by atoms with Gasteiger partial charge in [-0.05, 0) is 19.4 Å². The maximum atomic E-state index is 11.5. The second-order valence-electron chi connectivity index (χ2n) is 3.59. The molecule has 0 radical (unpaired) electrons. The highest BCUT2D eigenvalue weighted by Crippen LogP contribution is 2.04. The van der Waals surface area contributed by atoms with Crippen molar-refractivity contribution in [1.29, 1.82) is 0 Å². The van der Waals surface area contributed by atoms with Crippen molar-refractivity contribution in [2.75, 3.05) is 6.61 Å². The van der Waals surface area contributed by atoms with Crippen LogP contribution < -0.4 is 0 Å². The third-order valence-electron chi connectivity index (χ3n) is 2.14. The van der Waals surface area contributed by atoms with Crippen molar-refractivity contribution in [2.45, 2.75) is 33.1 Å². The summed E-state index contributed by atoms with van der Waals surface area (Å²) in [6.45, 7) is 4.27. The molecule has 1 rings (SSSR count). The van der Waals surface area contributed by atoms with Crippen molar-refractivity contribution in [3.05, 3.63) is 29.6 Å². The van der Waals surface area contributed by atoms with Crippen LogP contribution >= 0.6 is 0 Å². The molecule has 1 aromatic heterocycles. The van der Waals surface area contributed by atoms with E-state index in [1.165, 1.54) is 6.20 Å². The Morgan fingerprint density at radius 3 is 2.94 bits per heavy atom. The lowest BCUT2D eigenvalue weighted by Gasteiger charge is -2.00. The lowest BCUT2D eigenvalue weighted by atomic mass is 10.2. The first-order valence-corrected chi connectivity index (χ1v) is 5.89. The molecular formula is C14H17NO2. The maximum absolute atomic E-state index is 11.5. The lowest BCUT2D eigenvalue weighted by Crippen LogP contribution is -2.05. The SMILES string of the molecule is CCCCC#Cc1cncc(C(=O)OCC)c1. The van der Waals surface area contributed by atoms with Gasteiger partial charge in [-0.2, -0.15) is 0 Å². The number of hydrogen-bond acceptors (Lipinski definition) is 3. The first-order chi connectivity index (χ1) is 8.27. The van der Waals surface area contributed by atoms with Gasteiger partial charge in [-0.15, -0.1) is 0 Å². The highest BCUT2D eigenvalue weighted by Gasteiger charge is 2.06. The van der Waals surface area contributed by atoms with Gasteiger partial charge in [0.05, 0.1) is 12.2 Å². The zero-order valence-electron chi connectivity index (χ0n) is 10.3. The monoisotopic (exact) mass is 231 g/mol. The van der Waals surface area contributed by atoms with Crippen LogP contribution in [0.2, 0.25) is 0 Å². The molecule has 0 amide bonds. The molecule has 0 bridgehead atoms. The molecule has 17 heavy (non-hydrogen) atoms. The number of carbonyl (C=O) groups is 1. The third-order valence-corrected chi connectivity index (χ3v) is 2.14. The summed E-state index contributed by atoms with van der Waals surface area (Å²) in [5, 5.41) is 0. The third kappa shape index (κ3) is 4.69. The minimum Gasteiger partial charge on any atom is -0.462 e. The summed E-state index contributed by atoms with van der Waals surface area (Å²) in [6, 6.07) is 1.71. The fourth-order valence-electron chi connectivity index (χ4n) is 1.26. The van der Waals surface area contributed by atoms with E-state index in [1.54, 1.807) is 19.2 Å². The van der Waals surface area contributed by atoms with Gasteiger partial charge >= 0.3 is 5.97 Å². The van der Waals surface area contributed by atoms with E-state index in [0.717, 1.165) is 24.8 Å². The zero-order valence-corrected chi connectivity index (χ0v) is 10.3. The van der Waals surface area contributed by atoms with E-state index < -0.39 is 0 Å². The van der Waals surface area contributed by atoms with E-state index in [-0.39, 0.29) is 5.97 Å². The number of ether oxygens (including phenoxy) is 1. The zero-order chi connectivity index (χ0) is 12.5. The normalized spacial score (nSPS) is 9.29. The first kappa shape index (κ1) is 13.2. The van der Waals surface area contributed by atoms with Gasteiger partial charge in [-0.3, -0.25) is 4.98 Å². The number of esters is 1. The van der Waals surface area contributed by atoms with Gasteiger partial charge in [0, 0.05) is 24.4 Å². The number of carbonyl (C=O) groups excluding carboxylic acids is 1. The highest BCUT2D eigenvalue weighted by atomic mass is 16.5. The molecule has 3 nitrogen and oxygen atoms in total. The van der Waals surface area contributed by atoms with Crippen LogP contribution in [0.25, 0.3) is 0 Å². The van der Waals surface area contributed by atoms with Crippen LogP contribution in [-0.2, 0) is 4.74 Å². The molecule has 1 aromatic rings. The second-order valence-corrected chi connectivity index (χ2v) is 3.59. The molecule has 3 heteroatoms. The first-order valence-electron chi connectivity index (χ1n) is 5.89. The Balaban J connectivity index is 2.71. The van der Waals surface area contributed by atoms with Gasteiger partial charge in [0.25, 0.3) is 0 Å². The van der Waals surface area contributed by atoms with E-state index in [2.05, 4.69) is 23.7 Å². The van der Waals surface area contributed by atoms with Gasteiger partial charge in [0.2, 0.25) is 0 Å². The molecule has 0 aliphatic rings. The molecule has 0 saturated carbocycles. The Morgan fingerprint density at radius 1 is 1.41 bits per heavy atom. The van der Waals surface area contributed by atoms with Crippen molar-refractivity contribution in [3.63, 3.8) is 0 Å².